The summed E-state index contributed by atoms with van der Waals surface area (Å²) < 4.78 is 11.4. The lowest BCUT2D eigenvalue weighted by molar-refractivity contribution is -0.277. The second-order valence-electron chi connectivity index (χ2n) is 15.2. The van der Waals surface area contributed by atoms with Gasteiger partial charge in [-0.3, -0.25) is 9.59 Å². The third-order valence-electron chi connectivity index (χ3n) is 12.5. The molecule has 11 nitrogen and oxygen atoms in total. The largest absolute Gasteiger partial charge is 0.504 e. The Balaban J connectivity index is 1.54. The minimum absolute atomic E-state index is 0.00437. The van der Waals surface area contributed by atoms with E-state index in [1.807, 2.05) is 27.7 Å². The van der Waals surface area contributed by atoms with Crippen LogP contribution in [-0.4, -0.2) is 96.3 Å². The standard InChI is InChI=1S/C35H50O11/c1-16(2)8-11-24(38)35(7,44)30-20(37)13-32(4)23-10-9-18-17(3)26(40)21(12-19(18)34(23,6)25(39)14-33(30,32)5)45-31-29(43)28(42)27(41)22(15-36)46-31/h12,20,22-23,27-31,36-37,40-44H,1,8-11,13-15H2,2-7H3. The molecule has 1 saturated heterocycles. The maximum absolute atomic E-state index is 14.6. The van der Waals surface area contributed by atoms with E-state index in [1.165, 1.54) is 6.92 Å². The molecule has 1 aromatic rings. The van der Waals surface area contributed by atoms with Crippen molar-refractivity contribution in [3.05, 3.63) is 34.9 Å². The molecule has 1 heterocycles. The maximum Gasteiger partial charge on any atom is 0.229 e. The van der Waals surface area contributed by atoms with Gasteiger partial charge >= 0.3 is 0 Å². The molecule has 0 bridgehead atoms. The molecule has 7 N–H and O–H groups in total. The summed E-state index contributed by atoms with van der Waals surface area (Å²) in [5.74, 6) is -2.00. The lowest BCUT2D eigenvalue weighted by Crippen LogP contribution is -2.63. The van der Waals surface area contributed by atoms with Crippen molar-refractivity contribution in [2.45, 2.75) is 128 Å². The van der Waals surface area contributed by atoms with Crippen molar-refractivity contribution in [3.63, 3.8) is 0 Å². The molecule has 0 aromatic heterocycles. The average molecular weight is 647 g/mol. The fourth-order valence-corrected chi connectivity index (χ4v) is 9.73. The van der Waals surface area contributed by atoms with Crippen molar-refractivity contribution >= 4 is 11.6 Å². The lowest BCUT2D eigenvalue weighted by atomic mass is 9.41. The third kappa shape index (κ3) is 4.88. The minimum Gasteiger partial charge on any atom is -0.504 e. The highest BCUT2D eigenvalue weighted by Gasteiger charge is 2.73. The Morgan fingerprint density at radius 3 is 2.37 bits per heavy atom. The van der Waals surface area contributed by atoms with Gasteiger partial charge in [-0.25, -0.2) is 0 Å². The summed E-state index contributed by atoms with van der Waals surface area (Å²) in [7, 11) is 0. The number of aliphatic hydroxyl groups excluding tert-OH is 5. The van der Waals surface area contributed by atoms with Gasteiger partial charge in [0.05, 0.1) is 18.1 Å². The molecule has 46 heavy (non-hydrogen) atoms. The zero-order valence-electron chi connectivity index (χ0n) is 27.6. The van der Waals surface area contributed by atoms with Crippen LogP contribution in [-0.2, 0) is 26.2 Å². The van der Waals surface area contributed by atoms with Crippen molar-refractivity contribution < 1.29 is 54.8 Å². The summed E-state index contributed by atoms with van der Waals surface area (Å²) in [5.41, 5.74) is -1.81. The van der Waals surface area contributed by atoms with Gasteiger partial charge in [-0.05, 0) is 92.9 Å². The predicted molar refractivity (Wildman–Crippen MR) is 166 cm³/mol. The first kappa shape index (κ1) is 34.9. The number of aliphatic hydroxyl groups is 6. The topological polar surface area (TPSA) is 194 Å². The van der Waals surface area contributed by atoms with E-state index in [1.54, 1.807) is 13.0 Å². The number of ether oxygens (including phenoxy) is 2. The Morgan fingerprint density at radius 1 is 1.11 bits per heavy atom. The fraction of sp³-hybridized carbons (Fsp3) is 0.714. The van der Waals surface area contributed by atoms with Gasteiger partial charge in [0.1, 0.15) is 35.8 Å². The first-order valence-electron chi connectivity index (χ1n) is 16.2. The SMILES string of the molecule is C=C(C)CCC(=O)C(C)(O)C1C(O)CC2(C)C3CCc4c(cc(OC5OC(CO)C(O)C(O)C5O)c(O)c4C)C3(C)C(=O)CC12C. The summed E-state index contributed by atoms with van der Waals surface area (Å²) in [6.45, 7) is 14.0. The Labute approximate surface area is 269 Å². The van der Waals surface area contributed by atoms with Crippen molar-refractivity contribution in [2.24, 2.45) is 22.7 Å². The fourth-order valence-electron chi connectivity index (χ4n) is 9.73. The van der Waals surface area contributed by atoms with Crippen molar-refractivity contribution in [1.82, 2.24) is 0 Å². The molecule has 4 aliphatic rings. The Hall–Kier alpha value is -2.38. The van der Waals surface area contributed by atoms with Gasteiger partial charge in [0.15, 0.2) is 17.3 Å². The number of allylic oxidation sites excluding steroid dienone is 1. The molecular weight excluding hydrogens is 596 g/mol. The summed E-state index contributed by atoms with van der Waals surface area (Å²) in [6.07, 6.45) is -6.86. The van der Waals surface area contributed by atoms with E-state index >= 15 is 0 Å². The van der Waals surface area contributed by atoms with Crippen LogP contribution in [0.1, 0.15) is 83.4 Å². The van der Waals surface area contributed by atoms with Crippen molar-refractivity contribution in [1.29, 1.82) is 0 Å². The summed E-state index contributed by atoms with van der Waals surface area (Å²) in [5, 5.41) is 75.2. The number of phenols is 1. The molecule has 1 aromatic carbocycles. The van der Waals surface area contributed by atoms with Crippen LogP contribution in [0, 0.1) is 29.6 Å². The van der Waals surface area contributed by atoms with E-state index < -0.39 is 71.2 Å². The number of hydrogen-bond donors (Lipinski definition) is 7. The van der Waals surface area contributed by atoms with E-state index in [-0.39, 0.29) is 48.2 Å². The van der Waals surface area contributed by atoms with Crippen LogP contribution >= 0.6 is 0 Å². The molecule has 3 fully saturated rings. The van der Waals surface area contributed by atoms with Gasteiger partial charge in [0, 0.05) is 18.8 Å². The number of hydrogen-bond acceptors (Lipinski definition) is 11. The van der Waals surface area contributed by atoms with E-state index in [9.17, 15) is 45.3 Å². The second kappa shape index (κ2) is 11.6. The maximum atomic E-state index is 14.6. The van der Waals surface area contributed by atoms with Gasteiger partial charge < -0.3 is 45.2 Å². The molecule has 12 unspecified atom stereocenters. The molecule has 11 heteroatoms. The molecule has 12 atom stereocenters. The van der Waals surface area contributed by atoms with Crippen LogP contribution in [0.4, 0.5) is 0 Å². The minimum atomic E-state index is -1.86. The van der Waals surface area contributed by atoms with E-state index in [0.717, 1.165) is 11.1 Å². The summed E-state index contributed by atoms with van der Waals surface area (Å²) in [6, 6.07) is 1.56. The molecule has 0 amide bonds. The third-order valence-corrected chi connectivity index (χ3v) is 12.5. The summed E-state index contributed by atoms with van der Waals surface area (Å²) in [4.78, 5) is 28.0. The molecule has 2 saturated carbocycles. The van der Waals surface area contributed by atoms with Gasteiger partial charge in [-0.2, -0.15) is 0 Å². The van der Waals surface area contributed by atoms with Crippen LogP contribution in [0.25, 0.3) is 0 Å². The van der Waals surface area contributed by atoms with Crippen LogP contribution in [0.3, 0.4) is 0 Å². The number of Topliss-reactive ketones (excluding diaryl/α,β-unsaturated/α-hetero) is 2. The van der Waals surface area contributed by atoms with Crippen LogP contribution in [0.5, 0.6) is 11.5 Å². The molecule has 256 valence electrons. The highest BCUT2D eigenvalue weighted by molar-refractivity contribution is 5.94. The highest BCUT2D eigenvalue weighted by atomic mass is 16.7. The molecule has 0 radical (unpaired) electrons. The Bertz CT molecular complexity index is 1420. The second-order valence-corrected chi connectivity index (χ2v) is 15.2. The monoisotopic (exact) mass is 646 g/mol. The van der Waals surface area contributed by atoms with Crippen LogP contribution in [0.15, 0.2) is 18.2 Å². The van der Waals surface area contributed by atoms with Gasteiger partial charge in [-0.1, -0.05) is 19.4 Å². The zero-order valence-corrected chi connectivity index (χ0v) is 27.6. The number of rotatable bonds is 8. The summed E-state index contributed by atoms with van der Waals surface area (Å²) >= 11 is 0. The van der Waals surface area contributed by atoms with E-state index in [4.69, 9.17) is 9.47 Å². The normalized spacial score (nSPS) is 41.6. The van der Waals surface area contributed by atoms with Gasteiger partial charge in [-0.15, -0.1) is 6.58 Å². The molecule has 3 aliphatic carbocycles. The average Bonchev–Trinajstić information content (AvgIpc) is 3.19. The molecule has 1 aliphatic heterocycles. The quantitative estimate of drug-likeness (QED) is 0.203. The number of ketones is 2. The number of benzene rings is 1. The first-order chi connectivity index (χ1) is 21.3. The predicted octanol–water partition coefficient (Wildman–Crippen LogP) is 1.74. The van der Waals surface area contributed by atoms with E-state index in [0.29, 0.717) is 30.4 Å². The number of fused-ring (bicyclic) bond motifs is 5. The lowest BCUT2D eigenvalue weighted by Gasteiger charge is -2.61. The highest BCUT2D eigenvalue weighted by Crippen LogP contribution is 2.72. The number of carbonyl (C=O) groups is 2. The van der Waals surface area contributed by atoms with E-state index in [2.05, 4.69) is 6.58 Å². The smallest absolute Gasteiger partial charge is 0.229 e. The molecular formula is C35H50O11. The van der Waals surface area contributed by atoms with Gasteiger partial charge in [0.25, 0.3) is 0 Å². The van der Waals surface area contributed by atoms with Crippen LogP contribution in [0.2, 0.25) is 0 Å². The van der Waals surface area contributed by atoms with Gasteiger partial charge in [0.2, 0.25) is 6.29 Å². The van der Waals surface area contributed by atoms with Crippen molar-refractivity contribution in [2.75, 3.05) is 6.61 Å². The number of carbonyl (C=O) groups excluding carboxylic acids is 2. The van der Waals surface area contributed by atoms with Crippen molar-refractivity contribution in [3.8, 4) is 11.5 Å². The first-order valence-corrected chi connectivity index (χ1v) is 16.2. The Kier molecular flexibility index (Phi) is 8.85. The van der Waals surface area contributed by atoms with Crippen LogP contribution < -0.4 is 4.74 Å². The number of aromatic hydroxyl groups is 1. The molecule has 0 spiro atoms. The number of phenolic OH excluding ortho intramolecular Hbond substituents is 1. The Morgan fingerprint density at radius 2 is 1.76 bits per heavy atom. The molecule has 5 rings (SSSR count). The zero-order chi connectivity index (χ0) is 34.3.